The third kappa shape index (κ3) is 3.71. The van der Waals surface area contributed by atoms with Gasteiger partial charge < -0.3 is 9.64 Å². The predicted molar refractivity (Wildman–Crippen MR) is 118 cm³/mol. The molecule has 0 spiro atoms. The lowest BCUT2D eigenvalue weighted by Gasteiger charge is -2.39. The zero-order valence-corrected chi connectivity index (χ0v) is 17.0. The number of benzene rings is 3. The summed E-state index contributed by atoms with van der Waals surface area (Å²) in [6.45, 7) is 3.90. The van der Waals surface area contributed by atoms with E-state index in [0.717, 1.165) is 49.5 Å². The molecule has 1 saturated heterocycles. The Labute approximate surface area is 177 Å². The van der Waals surface area contributed by atoms with Gasteiger partial charge in [0.25, 0.3) is 5.91 Å². The van der Waals surface area contributed by atoms with Crippen LogP contribution in [0.4, 0.5) is 0 Å². The molecule has 4 heteroatoms. The molecule has 2 aliphatic heterocycles. The summed E-state index contributed by atoms with van der Waals surface area (Å²) in [5.74, 6) is 1.05. The molecule has 0 saturated carbocycles. The van der Waals surface area contributed by atoms with Gasteiger partial charge in [-0.2, -0.15) is 0 Å². The van der Waals surface area contributed by atoms with E-state index in [1.165, 1.54) is 11.1 Å². The Bertz CT molecular complexity index is 972. The second-order valence-electron chi connectivity index (χ2n) is 7.97. The van der Waals surface area contributed by atoms with Gasteiger partial charge in [-0.1, -0.05) is 60.7 Å². The van der Waals surface area contributed by atoms with E-state index >= 15 is 0 Å². The molecular weight excluding hydrogens is 372 g/mol. The summed E-state index contributed by atoms with van der Waals surface area (Å²) in [6.07, 6.45) is 0.889. The Morgan fingerprint density at radius 3 is 2.07 bits per heavy atom. The maximum atomic E-state index is 13.1. The van der Waals surface area contributed by atoms with Crippen LogP contribution in [0.15, 0.2) is 78.9 Å². The fourth-order valence-corrected chi connectivity index (χ4v) is 4.57. The summed E-state index contributed by atoms with van der Waals surface area (Å²) in [6, 6.07) is 27.4. The number of carbonyl (C=O) groups is 1. The van der Waals surface area contributed by atoms with Gasteiger partial charge in [0.1, 0.15) is 5.75 Å². The molecule has 0 unspecified atom stereocenters. The van der Waals surface area contributed by atoms with Crippen LogP contribution in [0.1, 0.15) is 33.1 Å². The predicted octanol–water partition coefficient (Wildman–Crippen LogP) is 4.17. The molecule has 2 aliphatic rings. The largest absolute Gasteiger partial charge is 0.493 e. The molecule has 5 rings (SSSR count). The van der Waals surface area contributed by atoms with Crippen LogP contribution in [0.25, 0.3) is 0 Å². The molecule has 3 aromatic rings. The Balaban J connectivity index is 1.32. The smallest absolute Gasteiger partial charge is 0.253 e. The van der Waals surface area contributed by atoms with Crippen molar-refractivity contribution in [3.63, 3.8) is 0 Å². The van der Waals surface area contributed by atoms with E-state index in [2.05, 4.69) is 65.6 Å². The number of amides is 1. The normalized spacial score (nSPS) is 16.4. The summed E-state index contributed by atoms with van der Waals surface area (Å²) in [5.41, 5.74) is 4.51. The molecule has 152 valence electrons. The topological polar surface area (TPSA) is 32.8 Å². The van der Waals surface area contributed by atoms with Gasteiger partial charge in [0.15, 0.2) is 0 Å². The van der Waals surface area contributed by atoms with Crippen molar-refractivity contribution in [2.45, 2.75) is 12.5 Å². The lowest BCUT2D eigenvalue weighted by molar-refractivity contribution is 0.0597. The Kier molecular flexibility index (Phi) is 5.24. The SMILES string of the molecule is O=C(c1ccc2c(c1)CCO2)N1CCN(C(c2ccccc2)c2ccccc2)CC1. The fourth-order valence-electron chi connectivity index (χ4n) is 4.57. The summed E-state index contributed by atoms with van der Waals surface area (Å²) < 4.78 is 5.57. The van der Waals surface area contributed by atoms with Gasteiger partial charge in [-0.05, 0) is 34.9 Å². The molecule has 0 N–H and O–H groups in total. The lowest BCUT2D eigenvalue weighted by atomic mass is 9.96. The summed E-state index contributed by atoms with van der Waals surface area (Å²) in [5, 5.41) is 0. The van der Waals surface area contributed by atoms with Gasteiger partial charge in [0.2, 0.25) is 0 Å². The third-order valence-corrected chi connectivity index (χ3v) is 6.13. The summed E-state index contributed by atoms with van der Waals surface area (Å²) in [4.78, 5) is 17.6. The number of hydrogen-bond acceptors (Lipinski definition) is 3. The van der Waals surface area contributed by atoms with Crippen LogP contribution < -0.4 is 4.74 Å². The molecule has 3 aromatic carbocycles. The zero-order chi connectivity index (χ0) is 20.3. The maximum Gasteiger partial charge on any atom is 0.253 e. The Morgan fingerprint density at radius 2 is 1.43 bits per heavy atom. The van der Waals surface area contributed by atoms with Crippen molar-refractivity contribution in [2.75, 3.05) is 32.8 Å². The first kappa shape index (κ1) is 18.9. The standard InChI is InChI=1S/C26H26N2O2/c29-26(23-11-12-24-22(19-23)13-18-30-24)28-16-14-27(15-17-28)25(20-7-3-1-4-8-20)21-9-5-2-6-10-21/h1-12,19,25H,13-18H2. The minimum absolute atomic E-state index is 0.125. The van der Waals surface area contributed by atoms with E-state index in [1.54, 1.807) is 0 Å². The monoisotopic (exact) mass is 398 g/mol. The molecule has 0 bridgehead atoms. The van der Waals surface area contributed by atoms with E-state index in [0.29, 0.717) is 6.61 Å². The molecule has 0 radical (unpaired) electrons. The summed E-state index contributed by atoms with van der Waals surface area (Å²) in [7, 11) is 0. The number of hydrogen-bond donors (Lipinski definition) is 0. The molecule has 0 aliphatic carbocycles. The maximum absolute atomic E-state index is 13.1. The number of piperazine rings is 1. The Morgan fingerprint density at radius 1 is 0.800 bits per heavy atom. The third-order valence-electron chi connectivity index (χ3n) is 6.13. The molecule has 0 aromatic heterocycles. The molecular formula is C26H26N2O2. The highest BCUT2D eigenvalue weighted by Crippen LogP contribution is 2.30. The molecule has 4 nitrogen and oxygen atoms in total. The second-order valence-corrected chi connectivity index (χ2v) is 7.97. The highest BCUT2D eigenvalue weighted by molar-refractivity contribution is 5.94. The number of rotatable bonds is 4. The molecule has 1 amide bonds. The van der Waals surface area contributed by atoms with Crippen molar-refractivity contribution in [2.24, 2.45) is 0 Å². The van der Waals surface area contributed by atoms with Gasteiger partial charge >= 0.3 is 0 Å². The first-order valence-electron chi connectivity index (χ1n) is 10.7. The minimum Gasteiger partial charge on any atom is -0.493 e. The van der Waals surface area contributed by atoms with Gasteiger partial charge in [-0.25, -0.2) is 0 Å². The average Bonchev–Trinajstić information content (AvgIpc) is 3.29. The van der Waals surface area contributed by atoms with Crippen LogP contribution in [-0.2, 0) is 6.42 Å². The summed E-state index contributed by atoms with van der Waals surface area (Å²) >= 11 is 0. The first-order chi connectivity index (χ1) is 14.8. The Hall–Kier alpha value is -3.11. The molecule has 0 atom stereocenters. The van der Waals surface area contributed by atoms with Crippen LogP contribution in [0.5, 0.6) is 5.75 Å². The number of ether oxygens (including phenoxy) is 1. The van der Waals surface area contributed by atoms with Gasteiger partial charge in [-0.3, -0.25) is 9.69 Å². The minimum atomic E-state index is 0.125. The average molecular weight is 399 g/mol. The van der Waals surface area contributed by atoms with E-state index < -0.39 is 0 Å². The van der Waals surface area contributed by atoms with Crippen LogP contribution in [0, 0.1) is 0 Å². The van der Waals surface area contributed by atoms with E-state index in [-0.39, 0.29) is 11.9 Å². The van der Waals surface area contributed by atoms with Gasteiger partial charge in [0.05, 0.1) is 12.6 Å². The zero-order valence-electron chi connectivity index (χ0n) is 17.0. The van der Waals surface area contributed by atoms with E-state index in [1.807, 2.05) is 23.1 Å². The van der Waals surface area contributed by atoms with Crippen molar-refractivity contribution in [3.8, 4) is 5.75 Å². The van der Waals surface area contributed by atoms with Crippen LogP contribution in [-0.4, -0.2) is 48.5 Å². The van der Waals surface area contributed by atoms with Crippen molar-refractivity contribution in [3.05, 3.63) is 101 Å². The second kappa shape index (κ2) is 8.33. The fraction of sp³-hybridized carbons (Fsp3) is 0.269. The molecule has 30 heavy (non-hydrogen) atoms. The van der Waals surface area contributed by atoms with Gasteiger partial charge in [0, 0.05) is 38.2 Å². The van der Waals surface area contributed by atoms with Crippen LogP contribution >= 0.6 is 0 Å². The number of nitrogens with zero attached hydrogens (tertiary/aromatic N) is 2. The highest BCUT2D eigenvalue weighted by Gasteiger charge is 2.29. The van der Waals surface area contributed by atoms with Crippen molar-refractivity contribution < 1.29 is 9.53 Å². The highest BCUT2D eigenvalue weighted by atomic mass is 16.5. The van der Waals surface area contributed by atoms with Gasteiger partial charge in [-0.15, -0.1) is 0 Å². The van der Waals surface area contributed by atoms with Crippen LogP contribution in [0.3, 0.4) is 0 Å². The quantitative estimate of drug-likeness (QED) is 0.661. The van der Waals surface area contributed by atoms with E-state index in [4.69, 9.17) is 4.74 Å². The number of carbonyl (C=O) groups excluding carboxylic acids is 1. The van der Waals surface area contributed by atoms with Crippen LogP contribution in [0.2, 0.25) is 0 Å². The van der Waals surface area contributed by atoms with E-state index in [9.17, 15) is 4.79 Å². The lowest BCUT2D eigenvalue weighted by Crippen LogP contribution is -2.49. The molecule has 1 fully saturated rings. The van der Waals surface area contributed by atoms with Crippen molar-refractivity contribution in [1.29, 1.82) is 0 Å². The number of fused-ring (bicyclic) bond motifs is 1. The molecule has 2 heterocycles. The van der Waals surface area contributed by atoms with Crippen molar-refractivity contribution in [1.82, 2.24) is 9.80 Å². The first-order valence-corrected chi connectivity index (χ1v) is 10.7. The van der Waals surface area contributed by atoms with Crippen molar-refractivity contribution >= 4 is 5.91 Å².